The van der Waals surface area contributed by atoms with Gasteiger partial charge in [0.1, 0.15) is 0 Å². The van der Waals surface area contributed by atoms with Crippen LogP contribution in [0.4, 0.5) is 10.5 Å². The molecule has 0 unspecified atom stereocenters. The third-order valence-electron chi connectivity index (χ3n) is 5.06. The lowest BCUT2D eigenvalue weighted by molar-refractivity contribution is 0.178. The number of nitrogens with zero attached hydrogens (tertiary/aromatic N) is 4. The number of benzene rings is 1. The molecule has 136 valence electrons. The van der Waals surface area contributed by atoms with Gasteiger partial charge in [-0.05, 0) is 50.3 Å². The molecule has 1 aliphatic rings. The Kier molecular flexibility index (Phi) is 5.27. The predicted octanol–water partition coefficient (Wildman–Crippen LogP) is 3.94. The summed E-state index contributed by atoms with van der Waals surface area (Å²) in [4.78, 5) is 14.1. The fourth-order valence-corrected chi connectivity index (χ4v) is 3.44. The van der Waals surface area contributed by atoms with Gasteiger partial charge in [-0.1, -0.05) is 18.6 Å². The monoisotopic (exact) mass is 352 g/mol. The molecule has 0 bridgehead atoms. The molecule has 1 aliphatic carbocycles. The van der Waals surface area contributed by atoms with Gasteiger partial charge >= 0.3 is 6.09 Å². The molecule has 1 heterocycles. The molecule has 1 fully saturated rings. The largest absolute Gasteiger partial charge is 0.452 e. The van der Waals surface area contributed by atoms with E-state index in [1.807, 2.05) is 30.7 Å². The summed E-state index contributed by atoms with van der Waals surface area (Å²) < 4.78 is 7.02. The van der Waals surface area contributed by atoms with Gasteiger partial charge in [-0.25, -0.2) is 4.79 Å². The van der Waals surface area contributed by atoms with Crippen LogP contribution in [-0.4, -0.2) is 23.0 Å². The van der Waals surface area contributed by atoms with Crippen LogP contribution in [0.15, 0.2) is 24.3 Å². The Morgan fingerprint density at radius 2 is 2.19 bits per heavy atom. The number of aromatic nitrogens is 2. The molecule has 0 radical (unpaired) electrons. The van der Waals surface area contributed by atoms with Gasteiger partial charge in [-0.15, -0.1) is 0 Å². The maximum atomic E-state index is 12.5. The van der Waals surface area contributed by atoms with E-state index in [4.69, 9.17) is 10.00 Å². The first-order chi connectivity index (χ1) is 12.5. The van der Waals surface area contributed by atoms with Crippen molar-refractivity contribution < 1.29 is 9.53 Å². The fourth-order valence-electron chi connectivity index (χ4n) is 3.44. The molecule has 1 amide bonds. The van der Waals surface area contributed by atoms with E-state index in [0.29, 0.717) is 18.0 Å². The van der Waals surface area contributed by atoms with Gasteiger partial charge in [-0.2, -0.15) is 10.4 Å². The number of aryl methyl sites for hydroxylation is 1. The number of rotatable bonds is 5. The van der Waals surface area contributed by atoms with E-state index in [-0.39, 0.29) is 0 Å². The summed E-state index contributed by atoms with van der Waals surface area (Å²) in [7, 11) is 1.38. The molecule has 0 saturated heterocycles. The number of ether oxygens (including phenoxy) is 1. The number of carbonyl (C=O) groups is 1. The highest BCUT2D eigenvalue weighted by Gasteiger charge is 2.26. The molecule has 3 rings (SSSR count). The highest BCUT2D eigenvalue weighted by atomic mass is 16.5. The number of amides is 1. The molecule has 6 heteroatoms. The Morgan fingerprint density at radius 1 is 1.42 bits per heavy atom. The second-order valence-corrected chi connectivity index (χ2v) is 6.87. The molecule has 6 nitrogen and oxygen atoms in total. The van der Waals surface area contributed by atoms with Gasteiger partial charge in [-0.3, -0.25) is 9.58 Å². The van der Waals surface area contributed by atoms with E-state index in [2.05, 4.69) is 11.2 Å². The van der Waals surface area contributed by atoms with Crippen molar-refractivity contribution >= 4 is 11.8 Å². The first-order valence-electron chi connectivity index (χ1n) is 8.92. The zero-order valence-corrected chi connectivity index (χ0v) is 15.5. The Bertz CT molecular complexity index is 846. The molecular weight excluding hydrogens is 328 g/mol. The zero-order valence-electron chi connectivity index (χ0n) is 15.5. The molecule has 0 spiro atoms. The van der Waals surface area contributed by atoms with Crippen LogP contribution in [0.2, 0.25) is 0 Å². The van der Waals surface area contributed by atoms with E-state index in [1.165, 1.54) is 26.4 Å². The van der Waals surface area contributed by atoms with Gasteiger partial charge in [0.15, 0.2) is 0 Å². The molecule has 2 aromatic rings. The highest BCUT2D eigenvalue weighted by molar-refractivity contribution is 5.89. The summed E-state index contributed by atoms with van der Waals surface area (Å²) >= 11 is 0. The van der Waals surface area contributed by atoms with Crippen LogP contribution in [-0.2, 0) is 17.8 Å². The summed E-state index contributed by atoms with van der Waals surface area (Å²) in [5.74, 6) is 0.680. The SMILES string of the molecule is COC(=O)N(Cc1cccc(C#N)c1)c1c(C)nn(CC2CCC2)c1C. The number of carbonyl (C=O) groups excluding carboxylic acids is 1. The van der Waals surface area contributed by atoms with Crippen molar-refractivity contribution in [2.45, 2.75) is 46.2 Å². The maximum absolute atomic E-state index is 12.5. The van der Waals surface area contributed by atoms with E-state index in [0.717, 1.165) is 29.2 Å². The van der Waals surface area contributed by atoms with Crippen molar-refractivity contribution in [2.75, 3.05) is 12.0 Å². The van der Waals surface area contributed by atoms with Gasteiger partial charge in [0.25, 0.3) is 0 Å². The van der Waals surface area contributed by atoms with Crippen LogP contribution in [0, 0.1) is 31.1 Å². The maximum Gasteiger partial charge on any atom is 0.414 e. The summed E-state index contributed by atoms with van der Waals surface area (Å²) in [6.07, 6.45) is 3.35. The Balaban J connectivity index is 1.92. The van der Waals surface area contributed by atoms with Gasteiger partial charge < -0.3 is 4.74 Å². The van der Waals surface area contributed by atoms with Crippen molar-refractivity contribution in [3.05, 3.63) is 46.8 Å². The smallest absolute Gasteiger partial charge is 0.414 e. The molecule has 0 N–H and O–H groups in total. The first-order valence-corrected chi connectivity index (χ1v) is 8.92. The molecule has 26 heavy (non-hydrogen) atoms. The Hall–Kier alpha value is -2.81. The number of anilines is 1. The van der Waals surface area contributed by atoms with Crippen LogP contribution < -0.4 is 4.90 Å². The van der Waals surface area contributed by atoms with E-state index in [9.17, 15) is 4.79 Å². The molecule has 1 aromatic heterocycles. The minimum absolute atomic E-state index is 0.332. The number of hydrogen-bond donors (Lipinski definition) is 0. The minimum Gasteiger partial charge on any atom is -0.452 e. The summed E-state index contributed by atoms with van der Waals surface area (Å²) in [6.45, 7) is 5.14. The molecular formula is C20H24N4O2. The van der Waals surface area contributed by atoms with E-state index < -0.39 is 6.09 Å². The summed E-state index contributed by atoms with van der Waals surface area (Å²) in [6, 6.07) is 9.40. The van der Waals surface area contributed by atoms with Crippen LogP contribution in [0.1, 0.15) is 41.8 Å². The number of hydrogen-bond acceptors (Lipinski definition) is 4. The van der Waals surface area contributed by atoms with Gasteiger partial charge in [0, 0.05) is 6.54 Å². The second kappa shape index (κ2) is 7.61. The predicted molar refractivity (Wildman–Crippen MR) is 98.8 cm³/mol. The molecule has 1 saturated carbocycles. The standard InChI is InChI=1S/C20H24N4O2/c1-14-19(15(2)24(22-14)13-16-6-4-7-16)23(20(25)26-3)12-18-9-5-8-17(10-18)11-21/h5,8-10,16H,4,6-7,12-13H2,1-3H3. The van der Waals surface area contributed by atoms with Crippen molar-refractivity contribution in [1.29, 1.82) is 5.26 Å². The molecule has 0 aliphatic heterocycles. The average Bonchev–Trinajstić information content (AvgIpc) is 2.89. The van der Waals surface area contributed by atoms with Crippen LogP contribution in [0.25, 0.3) is 0 Å². The molecule has 1 aromatic carbocycles. The van der Waals surface area contributed by atoms with Crippen LogP contribution in [0.3, 0.4) is 0 Å². The normalized spacial score (nSPS) is 13.8. The Labute approximate surface area is 154 Å². The van der Waals surface area contributed by atoms with Crippen LogP contribution in [0.5, 0.6) is 0 Å². The Morgan fingerprint density at radius 3 is 2.81 bits per heavy atom. The van der Waals surface area contributed by atoms with E-state index in [1.54, 1.807) is 17.0 Å². The third kappa shape index (κ3) is 3.57. The molecule has 0 atom stereocenters. The minimum atomic E-state index is -0.429. The van der Waals surface area contributed by atoms with Gasteiger partial charge in [0.05, 0.1) is 42.4 Å². The van der Waals surface area contributed by atoms with Crippen LogP contribution >= 0.6 is 0 Å². The third-order valence-corrected chi connectivity index (χ3v) is 5.06. The fraction of sp³-hybridized carbons (Fsp3) is 0.450. The van der Waals surface area contributed by atoms with Crippen molar-refractivity contribution in [3.63, 3.8) is 0 Å². The first kappa shape index (κ1) is 18.0. The lowest BCUT2D eigenvalue weighted by Crippen LogP contribution is -2.31. The quantitative estimate of drug-likeness (QED) is 0.817. The second-order valence-electron chi connectivity index (χ2n) is 6.87. The van der Waals surface area contributed by atoms with E-state index >= 15 is 0 Å². The van der Waals surface area contributed by atoms with Crippen molar-refractivity contribution in [2.24, 2.45) is 5.92 Å². The summed E-state index contributed by atoms with van der Waals surface area (Å²) in [5.41, 5.74) is 4.01. The van der Waals surface area contributed by atoms with Crippen molar-refractivity contribution in [1.82, 2.24) is 9.78 Å². The average molecular weight is 352 g/mol. The van der Waals surface area contributed by atoms with Gasteiger partial charge in [0.2, 0.25) is 0 Å². The lowest BCUT2D eigenvalue weighted by atomic mass is 9.85. The topological polar surface area (TPSA) is 71.2 Å². The zero-order chi connectivity index (χ0) is 18.7. The lowest BCUT2D eigenvalue weighted by Gasteiger charge is -2.26. The summed E-state index contributed by atoms with van der Waals surface area (Å²) in [5, 5.41) is 13.8. The highest BCUT2D eigenvalue weighted by Crippen LogP contribution is 2.31. The number of methoxy groups -OCH3 is 1. The number of nitriles is 1. The van der Waals surface area contributed by atoms with Crippen molar-refractivity contribution in [3.8, 4) is 6.07 Å².